The van der Waals surface area contributed by atoms with Gasteiger partial charge in [-0.3, -0.25) is 14.6 Å². The summed E-state index contributed by atoms with van der Waals surface area (Å²) in [6, 6.07) is 5.72. The van der Waals surface area contributed by atoms with Gasteiger partial charge >= 0.3 is 0 Å². The van der Waals surface area contributed by atoms with Crippen LogP contribution < -0.4 is 5.32 Å². The number of aromatic hydroxyl groups is 1. The molecule has 0 spiro atoms. The number of rotatable bonds is 6. The van der Waals surface area contributed by atoms with Gasteiger partial charge in [-0.25, -0.2) is 0 Å². The molecule has 2 heterocycles. The van der Waals surface area contributed by atoms with E-state index in [9.17, 15) is 15.0 Å². The van der Waals surface area contributed by atoms with Gasteiger partial charge in [0.15, 0.2) is 0 Å². The minimum absolute atomic E-state index is 0.0510. The van der Waals surface area contributed by atoms with Crippen LogP contribution in [0.25, 0.3) is 0 Å². The van der Waals surface area contributed by atoms with Crippen LogP contribution in [0.5, 0.6) is 5.75 Å². The van der Waals surface area contributed by atoms with Crippen LogP contribution in [0.3, 0.4) is 0 Å². The van der Waals surface area contributed by atoms with Crippen LogP contribution in [0.4, 0.5) is 0 Å². The van der Waals surface area contributed by atoms with Crippen molar-refractivity contribution >= 4 is 5.91 Å². The van der Waals surface area contributed by atoms with Crippen molar-refractivity contribution in [3.05, 3.63) is 29.3 Å². The van der Waals surface area contributed by atoms with Crippen molar-refractivity contribution in [1.29, 1.82) is 0 Å². The molecule has 0 aromatic heterocycles. The third-order valence-corrected chi connectivity index (χ3v) is 9.21. The highest BCUT2D eigenvalue weighted by Crippen LogP contribution is 2.62. The van der Waals surface area contributed by atoms with Crippen LogP contribution >= 0.6 is 0 Å². The van der Waals surface area contributed by atoms with Crippen LogP contribution in [-0.4, -0.2) is 90.0 Å². The molecule has 180 valence electrons. The number of ether oxygens (including phenoxy) is 1. The summed E-state index contributed by atoms with van der Waals surface area (Å²) in [5.41, 5.74) is 0.941. The molecular weight excluding hydrogens is 418 g/mol. The molecule has 1 aromatic carbocycles. The lowest BCUT2D eigenvalue weighted by atomic mass is 9.56. The van der Waals surface area contributed by atoms with Crippen molar-refractivity contribution < 1.29 is 19.7 Å². The van der Waals surface area contributed by atoms with Crippen molar-refractivity contribution in [1.82, 2.24) is 15.1 Å². The van der Waals surface area contributed by atoms with Gasteiger partial charge in [0.1, 0.15) is 5.75 Å². The number of hydrogen-bond donors (Lipinski definition) is 3. The maximum Gasteiger partial charge on any atom is 0.223 e. The zero-order valence-electron chi connectivity index (χ0n) is 19.5. The molecule has 4 fully saturated rings. The molecule has 4 atom stereocenters. The molecule has 2 aliphatic heterocycles. The molecular formula is C26H37N3O4. The van der Waals surface area contributed by atoms with E-state index in [-0.39, 0.29) is 23.6 Å². The summed E-state index contributed by atoms with van der Waals surface area (Å²) in [7, 11) is 0. The molecule has 2 saturated heterocycles. The standard InChI is InChI=1S/C26H37N3O4/c30-21-4-3-19-13-23-26(32)16-20(24(31)27-6-8-28-9-11-33-12-10-28)15-25(26,22(19)14-21)5-7-29(23)17-18-1-2-18/h3-4,14,18,20,23,30,32H,1-2,5-13,15-17H2,(H,27,31). The van der Waals surface area contributed by atoms with Gasteiger partial charge in [0, 0.05) is 50.1 Å². The van der Waals surface area contributed by atoms with Crippen LogP contribution in [-0.2, 0) is 21.4 Å². The first-order valence-corrected chi connectivity index (χ1v) is 12.9. The molecule has 7 nitrogen and oxygen atoms in total. The fourth-order valence-corrected chi connectivity index (χ4v) is 7.32. The number of benzene rings is 1. The number of fused-ring (bicyclic) bond motifs is 1. The second-order valence-corrected chi connectivity index (χ2v) is 11.1. The number of carbonyl (C=O) groups excluding carboxylic acids is 1. The molecule has 5 aliphatic rings. The number of hydrogen-bond acceptors (Lipinski definition) is 6. The van der Waals surface area contributed by atoms with Crippen LogP contribution in [0.15, 0.2) is 18.2 Å². The Labute approximate surface area is 196 Å². The summed E-state index contributed by atoms with van der Waals surface area (Å²) in [6.45, 7) is 6.86. The lowest BCUT2D eigenvalue weighted by molar-refractivity contribution is -0.134. The van der Waals surface area contributed by atoms with E-state index in [0.29, 0.717) is 19.4 Å². The Morgan fingerprint density at radius 1 is 1.18 bits per heavy atom. The topological polar surface area (TPSA) is 85.3 Å². The minimum Gasteiger partial charge on any atom is -0.508 e. The molecule has 4 unspecified atom stereocenters. The Kier molecular flexibility index (Phi) is 5.44. The number of nitrogens with zero attached hydrogens (tertiary/aromatic N) is 2. The number of piperidine rings is 1. The first-order valence-electron chi connectivity index (χ1n) is 12.9. The van der Waals surface area contributed by atoms with E-state index in [4.69, 9.17) is 4.74 Å². The molecule has 2 bridgehead atoms. The smallest absolute Gasteiger partial charge is 0.223 e. The maximum absolute atomic E-state index is 13.3. The predicted octanol–water partition coefficient (Wildman–Crippen LogP) is 1.26. The van der Waals surface area contributed by atoms with E-state index in [1.165, 1.54) is 18.4 Å². The number of morpholine rings is 1. The van der Waals surface area contributed by atoms with Gasteiger partial charge in [-0.15, -0.1) is 0 Å². The fraction of sp³-hybridized carbons (Fsp3) is 0.731. The number of phenolic OH excluding ortho intramolecular Hbond substituents is 1. The van der Waals surface area contributed by atoms with E-state index in [2.05, 4.69) is 15.1 Å². The zero-order valence-corrected chi connectivity index (χ0v) is 19.5. The van der Waals surface area contributed by atoms with Gasteiger partial charge < -0.3 is 20.3 Å². The van der Waals surface area contributed by atoms with Crippen LogP contribution in [0.2, 0.25) is 0 Å². The highest BCUT2D eigenvalue weighted by atomic mass is 16.5. The average molecular weight is 456 g/mol. The maximum atomic E-state index is 13.3. The van der Waals surface area contributed by atoms with Crippen molar-refractivity contribution in [2.75, 3.05) is 52.5 Å². The normalized spacial score (nSPS) is 36.3. The highest BCUT2D eigenvalue weighted by molar-refractivity contribution is 5.80. The second kappa shape index (κ2) is 8.22. The Balaban J connectivity index is 1.23. The Morgan fingerprint density at radius 3 is 2.79 bits per heavy atom. The third-order valence-electron chi connectivity index (χ3n) is 9.21. The van der Waals surface area contributed by atoms with E-state index >= 15 is 0 Å². The number of nitrogens with one attached hydrogen (secondary N) is 1. The monoisotopic (exact) mass is 455 g/mol. The largest absolute Gasteiger partial charge is 0.508 e. The number of likely N-dealkylation sites (tertiary alicyclic amines) is 1. The Hall–Kier alpha value is -1.67. The SMILES string of the molecule is O=C(NCCN1CCOCC1)C1CC23CCN(CC4CC4)C(Cc4ccc(O)cc42)C3(O)C1. The highest BCUT2D eigenvalue weighted by Gasteiger charge is 2.68. The molecule has 7 heteroatoms. The van der Waals surface area contributed by atoms with E-state index < -0.39 is 11.0 Å². The lowest BCUT2D eigenvalue weighted by Gasteiger charge is -2.59. The number of carbonyl (C=O) groups is 1. The van der Waals surface area contributed by atoms with E-state index in [0.717, 1.165) is 70.3 Å². The molecule has 1 aromatic rings. The van der Waals surface area contributed by atoms with Crippen molar-refractivity contribution in [2.24, 2.45) is 11.8 Å². The lowest BCUT2D eigenvalue weighted by Crippen LogP contribution is -2.69. The third kappa shape index (κ3) is 3.68. The van der Waals surface area contributed by atoms with Gasteiger partial charge in [-0.05, 0) is 74.2 Å². The van der Waals surface area contributed by atoms with Crippen molar-refractivity contribution in [3.8, 4) is 5.75 Å². The Bertz CT molecular complexity index is 915. The van der Waals surface area contributed by atoms with Gasteiger partial charge in [0.2, 0.25) is 5.91 Å². The Morgan fingerprint density at radius 2 is 2.00 bits per heavy atom. The quantitative estimate of drug-likeness (QED) is 0.599. The molecule has 33 heavy (non-hydrogen) atoms. The van der Waals surface area contributed by atoms with E-state index in [1.54, 1.807) is 6.07 Å². The van der Waals surface area contributed by atoms with Crippen molar-refractivity contribution in [2.45, 2.75) is 55.6 Å². The average Bonchev–Trinajstić information content (AvgIpc) is 3.56. The molecule has 1 amide bonds. The van der Waals surface area contributed by atoms with Crippen molar-refractivity contribution in [3.63, 3.8) is 0 Å². The summed E-state index contributed by atoms with van der Waals surface area (Å²) in [5, 5.41) is 25.8. The van der Waals surface area contributed by atoms with Crippen LogP contribution in [0, 0.1) is 11.8 Å². The summed E-state index contributed by atoms with van der Waals surface area (Å²) < 4.78 is 5.41. The first kappa shape index (κ1) is 21.8. The van der Waals surface area contributed by atoms with Gasteiger partial charge in [-0.1, -0.05) is 6.07 Å². The van der Waals surface area contributed by atoms with Gasteiger partial charge in [0.05, 0.1) is 18.8 Å². The molecule has 6 rings (SSSR count). The molecule has 0 radical (unpaired) electrons. The summed E-state index contributed by atoms with van der Waals surface area (Å²) in [4.78, 5) is 18.1. The van der Waals surface area contributed by atoms with Gasteiger partial charge in [-0.2, -0.15) is 0 Å². The number of phenols is 1. The predicted molar refractivity (Wildman–Crippen MR) is 124 cm³/mol. The molecule has 3 N–H and O–H groups in total. The molecule has 2 saturated carbocycles. The number of amides is 1. The van der Waals surface area contributed by atoms with Gasteiger partial charge in [0.25, 0.3) is 0 Å². The molecule has 3 aliphatic carbocycles. The van der Waals surface area contributed by atoms with E-state index in [1.807, 2.05) is 12.1 Å². The minimum atomic E-state index is -0.923. The fourth-order valence-electron chi connectivity index (χ4n) is 7.32. The number of aliphatic hydroxyl groups is 1. The first-order chi connectivity index (χ1) is 16.0. The van der Waals surface area contributed by atoms with Crippen LogP contribution in [0.1, 0.15) is 43.2 Å². The summed E-state index contributed by atoms with van der Waals surface area (Å²) >= 11 is 0. The second-order valence-electron chi connectivity index (χ2n) is 11.1. The summed E-state index contributed by atoms with van der Waals surface area (Å²) in [6.07, 6.45) is 5.41. The summed E-state index contributed by atoms with van der Waals surface area (Å²) in [5.74, 6) is 0.892. The zero-order chi connectivity index (χ0) is 22.6.